The van der Waals surface area contributed by atoms with Crippen LogP contribution >= 0.6 is 22.6 Å². The molecule has 18 heavy (non-hydrogen) atoms. The van der Waals surface area contributed by atoms with Crippen LogP contribution in [0.15, 0.2) is 24.3 Å². The lowest BCUT2D eigenvalue weighted by Crippen LogP contribution is -2.32. The van der Waals surface area contributed by atoms with Gasteiger partial charge in [-0.05, 0) is 66.0 Å². The molecule has 1 amide bonds. The molecule has 0 spiro atoms. The first-order valence-corrected chi connectivity index (χ1v) is 7.83. The van der Waals surface area contributed by atoms with Crippen LogP contribution in [0.4, 0.5) is 0 Å². The maximum Gasteiger partial charge on any atom is 0.253 e. The van der Waals surface area contributed by atoms with Gasteiger partial charge in [-0.25, -0.2) is 0 Å². The number of carbonyl (C=O) groups excluding carboxylic acids is 1. The van der Waals surface area contributed by atoms with Crippen LogP contribution in [0.2, 0.25) is 0 Å². The van der Waals surface area contributed by atoms with Crippen molar-refractivity contribution in [2.24, 2.45) is 5.92 Å². The second-order valence-corrected chi connectivity index (χ2v) is 6.25. The number of carbonyl (C=O) groups is 1. The topological polar surface area (TPSA) is 20.3 Å². The molecule has 2 nitrogen and oxygen atoms in total. The number of amides is 1. The molecule has 1 aromatic carbocycles. The standard InChI is InChI=1S/C15H20INO/c1-2-12-5-4-9-17(10-8-12)15(18)13-6-3-7-14(16)11-13/h3,6-7,11-12H,2,4-5,8-10H2,1H3. The second kappa shape index (κ2) is 6.55. The van der Waals surface area contributed by atoms with E-state index in [0.717, 1.165) is 41.0 Å². The fourth-order valence-corrected chi connectivity index (χ4v) is 3.12. The van der Waals surface area contributed by atoms with Crippen molar-refractivity contribution >= 4 is 28.5 Å². The summed E-state index contributed by atoms with van der Waals surface area (Å²) < 4.78 is 1.12. The van der Waals surface area contributed by atoms with Crippen LogP contribution in [0.3, 0.4) is 0 Å². The van der Waals surface area contributed by atoms with E-state index in [9.17, 15) is 4.79 Å². The molecule has 1 aliphatic heterocycles. The lowest BCUT2D eigenvalue weighted by atomic mass is 9.98. The molecule has 0 N–H and O–H groups in total. The number of rotatable bonds is 2. The van der Waals surface area contributed by atoms with Crippen LogP contribution in [0.1, 0.15) is 43.0 Å². The summed E-state index contributed by atoms with van der Waals surface area (Å²) in [6.07, 6.45) is 4.82. The van der Waals surface area contributed by atoms with Crippen molar-refractivity contribution in [2.45, 2.75) is 32.6 Å². The number of halogens is 1. The van der Waals surface area contributed by atoms with E-state index in [4.69, 9.17) is 0 Å². The molecule has 98 valence electrons. The van der Waals surface area contributed by atoms with E-state index in [1.807, 2.05) is 29.2 Å². The first-order valence-electron chi connectivity index (χ1n) is 6.75. The molecule has 1 saturated heterocycles. The predicted octanol–water partition coefficient (Wildman–Crippen LogP) is 3.94. The van der Waals surface area contributed by atoms with Gasteiger partial charge in [0, 0.05) is 22.2 Å². The predicted molar refractivity (Wildman–Crippen MR) is 82.7 cm³/mol. The van der Waals surface area contributed by atoms with Gasteiger partial charge in [0.05, 0.1) is 0 Å². The lowest BCUT2D eigenvalue weighted by Gasteiger charge is -2.20. The summed E-state index contributed by atoms with van der Waals surface area (Å²) in [5.74, 6) is 1.00. The molecule has 0 aliphatic carbocycles. The Kier molecular flexibility index (Phi) is 5.03. The average Bonchev–Trinajstić information content (AvgIpc) is 2.63. The number of likely N-dealkylation sites (tertiary alicyclic amines) is 1. The third kappa shape index (κ3) is 3.46. The van der Waals surface area contributed by atoms with Crippen molar-refractivity contribution in [1.29, 1.82) is 0 Å². The average molecular weight is 357 g/mol. The van der Waals surface area contributed by atoms with Gasteiger partial charge in [-0.1, -0.05) is 19.4 Å². The molecule has 0 bridgehead atoms. The highest BCUT2D eigenvalue weighted by Gasteiger charge is 2.20. The molecule has 2 rings (SSSR count). The van der Waals surface area contributed by atoms with Crippen molar-refractivity contribution in [3.05, 3.63) is 33.4 Å². The van der Waals surface area contributed by atoms with Gasteiger partial charge in [-0.3, -0.25) is 4.79 Å². The number of hydrogen-bond acceptors (Lipinski definition) is 1. The Bertz CT molecular complexity index is 419. The summed E-state index contributed by atoms with van der Waals surface area (Å²) in [7, 11) is 0. The van der Waals surface area contributed by atoms with Gasteiger partial charge in [0.15, 0.2) is 0 Å². The summed E-state index contributed by atoms with van der Waals surface area (Å²) in [6, 6.07) is 7.88. The van der Waals surface area contributed by atoms with E-state index in [1.165, 1.54) is 12.8 Å². The lowest BCUT2D eigenvalue weighted by molar-refractivity contribution is 0.0760. The van der Waals surface area contributed by atoms with Gasteiger partial charge in [0.25, 0.3) is 5.91 Å². The third-order valence-corrected chi connectivity index (χ3v) is 4.45. The van der Waals surface area contributed by atoms with Crippen molar-refractivity contribution < 1.29 is 4.79 Å². The SMILES string of the molecule is CCC1CCCN(C(=O)c2cccc(I)c2)CC1. The molecule has 1 atom stereocenters. The molecule has 0 saturated carbocycles. The van der Waals surface area contributed by atoms with Crippen LogP contribution in [0, 0.1) is 9.49 Å². The van der Waals surface area contributed by atoms with E-state index in [0.29, 0.717) is 0 Å². The monoisotopic (exact) mass is 357 g/mol. The minimum atomic E-state index is 0.199. The largest absolute Gasteiger partial charge is 0.339 e. The van der Waals surface area contributed by atoms with E-state index < -0.39 is 0 Å². The summed E-state index contributed by atoms with van der Waals surface area (Å²) in [4.78, 5) is 14.5. The van der Waals surface area contributed by atoms with Crippen LogP contribution < -0.4 is 0 Å². The summed E-state index contributed by atoms with van der Waals surface area (Å²) >= 11 is 2.26. The molecular weight excluding hydrogens is 337 g/mol. The zero-order valence-electron chi connectivity index (χ0n) is 10.9. The zero-order valence-corrected chi connectivity index (χ0v) is 13.0. The van der Waals surface area contributed by atoms with E-state index in [-0.39, 0.29) is 5.91 Å². The van der Waals surface area contributed by atoms with E-state index >= 15 is 0 Å². The highest BCUT2D eigenvalue weighted by Crippen LogP contribution is 2.21. The van der Waals surface area contributed by atoms with E-state index in [1.54, 1.807) is 0 Å². The Morgan fingerprint density at radius 3 is 2.94 bits per heavy atom. The zero-order chi connectivity index (χ0) is 13.0. The van der Waals surface area contributed by atoms with E-state index in [2.05, 4.69) is 29.5 Å². The van der Waals surface area contributed by atoms with Crippen molar-refractivity contribution in [3.63, 3.8) is 0 Å². The maximum atomic E-state index is 12.4. The highest BCUT2D eigenvalue weighted by atomic mass is 127. The van der Waals surface area contributed by atoms with Crippen molar-refractivity contribution in [2.75, 3.05) is 13.1 Å². The molecule has 0 radical (unpaired) electrons. The number of nitrogens with zero attached hydrogens (tertiary/aromatic N) is 1. The minimum absolute atomic E-state index is 0.199. The Labute approximate surface area is 123 Å². The molecule has 1 fully saturated rings. The molecule has 1 aliphatic rings. The van der Waals surface area contributed by atoms with Crippen LogP contribution in [-0.4, -0.2) is 23.9 Å². The minimum Gasteiger partial charge on any atom is -0.339 e. The molecule has 1 heterocycles. The Morgan fingerprint density at radius 1 is 1.39 bits per heavy atom. The van der Waals surface area contributed by atoms with Crippen LogP contribution in [0.5, 0.6) is 0 Å². The Balaban J connectivity index is 2.05. The van der Waals surface area contributed by atoms with Crippen LogP contribution in [-0.2, 0) is 0 Å². The van der Waals surface area contributed by atoms with Crippen molar-refractivity contribution in [3.8, 4) is 0 Å². The molecule has 3 heteroatoms. The Hall–Kier alpha value is -0.580. The fourth-order valence-electron chi connectivity index (χ4n) is 2.58. The Morgan fingerprint density at radius 2 is 2.22 bits per heavy atom. The first kappa shape index (κ1) is 13.8. The van der Waals surface area contributed by atoms with Crippen LogP contribution in [0.25, 0.3) is 0 Å². The third-order valence-electron chi connectivity index (χ3n) is 3.78. The normalized spacial score (nSPS) is 20.6. The summed E-state index contributed by atoms with van der Waals surface area (Å²) in [5.41, 5.74) is 0.830. The van der Waals surface area contributed by atoms with Gasteiger partial charge in [0.1, 0.15) is 0 Å². The maximum absolute atomic E-state index is 12.4. The van der Waals surface area contributed by atoms with Crippen molar-refractivity contribution in [1.82, 2.24) is 4.90 Å². The molecule has 1 aromatic rings. The molecular formula is C15H20INO. The second-order valence-electron chi connectivity index (χ2n) is 5.01. The summed E-state index contributed by atoms with van der Waals surface area (Å²) in [6.45, 7) is 4.09. The van der Waals surface area contributed by atoms with Gasteiger partial charge in [0.2, 0.25) is 0 Å². The van der Waals surface area contributed by atoms with Gasteiger partial charge in [-0.15, -0.1) is 0 Å². The first-order chi connectivity index (χ1) is 8.70. The number of benzene rings is 1. The fraction of sp³-hybridized carbons (Fsp3) is 0.533. The quantitative estimate of drug-likeness (QED) is 0.734. The molecule has 0 aromatic heterocycles. The van der Waals surface area contributed by atoms with Gasteiger partial charge in [-0.2, -0.15) is 0 Å². The summed E-state index contributed by atoms with van der Waals surface area (Å²) in [5, 5.41) is 0. The highest BCUT2D eigenvalue weighted by molar-refractivity contribution is 14.1. The van der Waals surface area contributed by atoms with Gasteiger partial charge < -0.3 is 4.90 Å². The van der Waals surface area contributed by atoms with Gasteiger partial charge >= 0.3 is 0 Å². The molecule has 1 unspecified atom stereocenters. The smallest absolute Gasteiger partial charge is 0.253 e. The number of hydrogen-bond donors (Lipinski definition) is 0.